The summed E-state index contributed by atoms with van der Waals surface area (Å²) >= 11 is 1.44. The molecule has 30 heavy (non-hydrogen) atoms. The van der Waals surface area contributed by atoms with Crippen LogP contribution in [0.25, 0.3) is 0 Å². The molecule has 1 aromatic carbocycles. The zero-order valence-corrected chi connectivity index (χ0v) is 18.7. The van der Waals surface area contributed by atoms with Gasteiger partial charge in [0.15, 0.2) is 0 Å². The SMILES string of the molecule is COC(=O)CC(NC(=O)c1ccc(S(=O)(=O)N2CCCCC2C)cc1)c1cccs1. The molecule has 1 aliphatic rings. The third-order valence-electron chi connectivity index (χ3n) is 5.26. The van der Waals surface area contributed by atoms with Crippen LogP contribution in [0.2, 0.25) is 0 Å². The molecule has 1 fully saturated rings. The van der Waals surface area contributed by atoms with Crippen LogP contribution < -0.4 is 5.32 Å². The van der Waals surface area contributed by atoms with Crippen molar-refractivity contribution in [3.8, 4) is 0 Å². The fourth-order valence-electron chi connectivity index (χ4n) is 3.55. The molecule has 1 aromatic heterocycles. The van der Waals surface area contributed by atoms with Gasteiger partial charge in [0.1, 0.15) is 0 Å². The summed E-state index contributed by atoms with van der Waals surface area (Å²) in [5.74, 6) is -0.807. The van der Waals surface area contributed by atoms with E-state index in [0.29, 0.717) is 12.1 Å². The van der Waals surface area contributed by atoms with Crippen LogP contribution in [-0.2, 0) is 19.6 Å². The number of nitrogens with zero attached hydrogens (tertiary/aromatic N) is 1. The number of carbonyl (C=O) groups is 2. The van der Waals surface area contributed by atoms with Crippen molar-refractivity contribution in [3.63, 3.8) is 0 Å². The Morgan fingerprint density at radius 3 is 2.57 bits per heavy atom. The Morgan fingerprint density at radius 2 is 1.97 bits per heavy atom. The van der Waals surface area contributed by atoms with Gasteiger partial charge in [0, 0.05) is 23.0 Å². The monoisotopic (exact) mass is 450 g/mol. The fourth-order valence-corrected chi connectivity index (χ4v) is 6.02. The average molecular weight is 451 g/mol. The van der Waals surface area contributed by atoms with Crippen LogP contribution in [0.1, 0.15) is 53.9 Å². The second kappa shape index (κ2) is 9.72. The standard InChI is InChI=1S/C21H26N2O5S2/c1-15-6-3-4-12-23(15)30(26,27)17-10-8-16(9-11-17)21(25)22-18(14-20(24)28-2)19-7-5-13-29-19/h5,7-11,13,15,18H,3-4,6,12,14H2,1-2H3,(H,22,25). The summed E-state index contributed by atoms with van der Waals surface area (Å²) in [4.78, 5) is 25.5. The van der Waals surface area contributed by atoms with E-state index in [1.165, 1.54) is 47.0 Å². The first-order valence-electron chi connectivity index (χ1n) is 9.86. The molecule has 0 bridgehead atoms. The highest BCUT2D eigenvalue weighted by Gasteiger charge is 2.31. The van der Waals surface area contributed by atoms with Crippen LogP contribution in [0.5, 0.6) is 0 Å². The Hall–Kier alpha value is -2.23. The Kier molecular flexibility index (Phi) is 7.27. The van der Waals surface area contributed by atoms with Gasteiger partial charge in [-0.05, 0) is 55.5 Å². The van der Waals surface area contributed by atoms with Crippen LogP contribution in [0.3, 0.4) is 0 Å². The number of hydrogen-bond donors (Lipinski definition) is 1. The smallest absolute Gasteiger partial charge is 0.307 e. The van der Waals surface area contributed by atoms with Gasteiger partial charge in [-0.1, -0.05) is 12.5 Å². The summed E-state index contributed by atoms with van der Waals surface area (Å²) in [5.41, 5.74) is 0.326. The van der Waals surface area contributed by atoms with Gasteiger partial charge in [0.2, 0.25) is 10.0 Å². The van der Waals surface area contributed by atoms with E-state index in [1.54, 1.807) is 0 Å². The molecule has 0 spiro atoms. The molecule has 1 N–H and O–H groups in total. The van der Waals surface area contributed by atoms with Gasteiger partial charge >= 0.3 is 5.97 Å². The van der Waals surface area contributed by atoms with Crippen molar-refractivity contribution in [3.05, 3.63) is 52.2 Å². The molecular formula is C21H26N2O5S2. The van der Waals surface area contributed by atoms with E-state index in [-0.39, 0.29) is 23.3 Å². The second-order valence-electron chi connectivity index (χ2n) is 7.31. The van der Waals surface area contributed by atoms with Gasteiger partial charge in [-0.2, -0.15) is 4.31 Å². The highest BCUT2D eigenvalue weighted by Crippen LogP contribution is 2.26. The lowest BCUT2D eigenvalue weighted by Gasteiger charge is -2.32. The zero-order valence-electron chi connectivity index (χ0n) is 17.0. The first kappa shape index (κ1) is 22.5. The third kappa shape index (κ3) is 5.08. The minimum atomic E-state index is -3.59. The summed E-state index contributed by atoms with van der Waals surface area (Å²) in [5, 5.41) is 4.71. The van der Waals surface area contributed by atoms with E-state index in [2.05, 4.69) is 5.32 Å². The largest absolute Gasteiger partial charge is 0.469 e. The quantitative estimate of drug-likeness (QED) is 0.653. The lowest BCUT2D eigenvalue weighted by atomic mass is 10.1. The fraction of sp³-hybridized carbons (Fsp3) is 0.429. The molecule has 2 aromatic rings. The van der Waals surface area contributed by atoms with Gasteiger partial charge in [0.25, 0.3) is 5.91 Å². The number of rotatable bonds is 7. The maximum absolute atomic E-state index is 12.9. The molecule has 0 aliphatic carbocycles. The molecule has 3 rings (SSSR count). The third-order valence-corrected chi connectivity index (χ3v) is 8.27. The number of nitrogens with one attached hydrogen (secondary N) is 1. The Morgan fingerprint density at radius 1 is 1.23 bits per heavy atom. The number of ether oxygens (including phenoxy) is 1. The highest BCUT2D eigenvalue weighted by molar-refractivity contribution is 7.89. The van der Waals surface area contributed by atoms with Crippen molar-refractivity contribution in [2.45, 2.75) is 49.6 Å². The van der Waals surface area contributed by atoms with E-state index in [0.717, 1.165) is 24.1 Å². The summed E-state index contributed by atoms with van der Waals surface area (Å²) in [6.45, 7) is 2.44. The second-order valence-corrected chi connectivity index (χ2v) is 10.2. The van der Waals surface area contributed by atoms with Crippen LogP contribution in [0.4, 0.5) is 0 Å². The first-order valence-corrected chi connectivity index (χ1v) is 12.2. The van der Waals surface area contributed by atoms with E-state index in [9.17, 15) is 18.0 Å². The summed E-state index contributed by atoms with van der Waals surface area (Å²) in [6.07, 6.45) is 2.75. The van der Waals surface area contributed by atoms with E-state index in [1.807, 2.05) is 24.4 Å². The predicted octanol–water partition coefficient (Wildman–Crippen LogP) is 3.35. The van der Waals surface area contributed by atoms with Gasteiger partial charge < -0.3 is 10.1 Å². The molecule has 0 radical (unpaired) electrons. The maximum atomic E-state index is 12.9. The summed E-state index contributed by atoms with van der Waals surface area (Å²) in [6, 6.07) is 9.07. The Labute approximate surface area is 181 Å². The molecule has 2 heterocycles. The summed E-state index contributed by atoms with van der Waals surface area (Å²) < 4.78 is 32.1. The average Bonchev–Trinajstić information content (AvgIpc) is 3.28. The molecular weight excluding hydrogens is 424 g/mol. The van der Waals surface area contributed by atoms with Crippen molar-refractivity contribution in [2.24, 2.45) is 0 Å². The van der Waals surface area contributed by atoms with Crippen LogP contribution >= 0.6 is 11.3 Å². The van der Waals surface area contributed by atoms with Gasteiger partial charge in [-0.15, -0.1) is 11.3 Å². The van der Waals surface area contributed by atoms with Crippen LogP contribution in [-0.4, -0.2) is 44.3 Å². The van der Waals surface area contributed by atoms with E-state index < -0.39 is 22.0 Å². The lowest BCUT2D eigenvalue weighted by molar-refractivity contribution is -0.141. The number of sulfonamides is 1. The molecule has 2 atom stereocenters. The molecule has 1 aliphatic heterocycles. The number of amides is 1. The number of methoxy groups -OCH3 is 1. The number of thiophene rings is 1. The van der Waals surface area contributed by atoms with Gasteiger partial charge in [0.05, 0.1) is 24.5 Å². The molecule has 2 unspecified atom stereocenters. The van der Waals surface area contributed by atoms with E-state index in [4.69, 9.17) is 4.74 Å². The molecule has 1 amide bonds. The van der Waals surface area contributed by atoms with Gasteiger partial charge in [-0.3, -0.25) is 9.59 Å². The van der Waals surface area contributed by atoms with Crippen LogP contribution in [0.15, 0.2) is 46.7 Å². The van der Waals surface area contributed by atoms with Crippen molar-refractivity contribution in [1.82, 2.24) is 9.62 Å². The van der Waals surface area contributed by atoms with Crippen molar-refractivity contribution >= 4 is 33.2 Å². The highest BCUT2D eigenvalue weighted by atomic mass is 32.2. The molecule has 9 heteroatoms. The van der Waals surface area contributed by atoms with E-state index >= 15 is 0 Å². The van der Waals surface area contributed by atoms with Crippen molar-refractivity contribution in [2.75, 3.05) is 13.7 Å². The normalized spacial score (nSPS) is 18.5. The predicted molar refractivity (Wildman–Crippen MR) is 115 cm³/mol. The Balaban J connectivity index is 1.74. The Bertz CT molecular complexity index is 971. The molecule has 0 saturated carbocycles. The lowest BCUT2D eigenvalue weighted by Crippen LogP contribution is -2.41. The number of esters is 1. The number of hydrogen-bond acceptors (Lipinski definition) is 6. The van der Waals surface area contributed by atoms with Gasteiger partial charge in [-0.25, -0.2) is 8.42 Å². The van der Waals surface area contributed by atoms with Crippen molar-refractivity contribution < 1.29 is 22.7 Å². The van der Waals surface area contributed by atoms with Crippen LogP contribution in [0, 0.1) is 0 Å². The molecule has 7 nitrogen and oxygen atoms in total. The number of benzene rings is 1. The summed E-state index contributed by atoms with van der Waals surface area (Å²) in [7, 11) is -2.29. The number of piperidine rings is 1. The minimum Gasteiger partial charge on any atom is -0.469 e. The molecule has 162 valence electrons. The van der Waals surface area contributed by atoms with Crippen molar-refractivity contribution in [1.29, 1.82) is 0 Å². The molecule has 1 saturated heterocycles. The first-order chi connectivity index (χ1) is 14.3. The number of carbonyl (C=O) groups excluding carboxylic acids is 2. The zero-order chi connectivity index (χ0) is 21.7. The topological polar surface area (TPSA) is 92.8 Å². The minimum absolute atomic E-state index is 0.0159. The maximum Gasteiger partial charge on any atom is 0.307 e.